The van der Waals surface area contributed by atoms with Crippen molar-refractivity contribution >= 4 is 95.7 Å². The molecule has 0 saturated carbocycles. The van der Waals surface area contributed by atoms with Crippen LogP contribution < -0.4 is 44.1 Å². The molecule has 0 saturated heterocycles. The standard InChI is InChI=1S/C30H42N4O6.C24H30N4O6.C18H42N4O6.C18H22N2O2.C13H32N4O5/c1-35-19-31(20-36-2)25-7-13-28(14-8-25)34(29-15-9-26(10-16-29)32(21-37-3)22-38-4)30-17-11-27(12-18-30)33(23-39-5)24-40-6;29-13-25(14-30)19-1-7-22(8-2-19)28(23-9-3-20(4-10-23)26(15-31)16-32)24-11-5-21(6-12-24)27(17-33)18-34;1-23-13-20(14-24-2)10-7-19(8-11-21(15-25-3)16-26-4)9-12-22(17-27-5)18-28-6;1-4-20-17-8-6-5-7-15(17)16-11-14(9-10-18(16)20)19(12-21-2)13-22-3;1-2-14(9-18)3-4-15(5-7-16(10-19)11-20)6-8-17(12-21)13-22/h7-18H,19-24H2,1-6H3;1-12,29-34H,13-18H2;7-18H2,1-6H3;5-11H,4,12-13H2,1-3H3;18-22H,2-13H2,1H3. The Morgan fingerprint density at radius 3 is 0.596 bits per heavy atom. The summed E-state index contributed by atoms with van der Waals surface area (Å²) >= 11 is 0. The number of aliphatic hydroxyl groups excluding tert-OH is 11. The number of anilines is 13. The van der Waals surface area contributed by atoms with Crippen molar-refractivity contribution in [2.24, 2.45) is 0 Å². The molecule has 8 aromatic carbocycles. The summed E-state index contributed by atoms with van der Waals surface area (Å²) in [5, 5.41) is 104. The van der Waals surface area contributed by atoms with Gasteiger partial charge in [0.05, 0.1) is 33.7 Å². The van der Waals surface area contributed by atoms with Gasteiger partial charge in [0.2, 0.25) is 0 Å². The molecule has 9 rings (SSSR count). The van der Waals surface area contributed by atoms with Crippen molar-refractivity contribution in [1.82, 2.24) is 43.8 Å². The maximum absolute atomic E-state index is 9.41. The van der Waals surface area contributed by atoms with Gasteiger partial charge < -0.3 is 171 Å². The fourth-order valence-electron chi connectivity index (χ4n) is 15.6. The summed E-state index contributed by atoms with van der Waals surface area (Å²) in [6.07, 6.45) is 0. The Labute approximate surface area is 863 Å². The molecule has 43 heteroatoms. The normalized spacial score (nSPS) is 11.4. The average molecular weight is 2060 g/mol. The number of fused-ring (bicyclic) bond motifs is 3. The second-order valence-electron chi connectivity index (χ2n) is 33.3. The topological polar surface area (TPSA) is 412 Å². The molecule has 0 unspecified atom stereocenters. The van der Waals surface area contributed by atoms with Crippen molar-refractivity contribution in [2.75, 3.05) is 397 Å². The smallest absolute Gasteiger partial charge is 0.120 e. The molecule has 0 bridgehead atoms. The van der Waals surface area contributed by atoms with Crippen LogP contribution >= 0.6 is 0 Å². The van der Waals surface area contributed by atoms with Crippen LogP contribution in [0.2, 0.25) is 0 Å². The van der Waals surface area contributed by atoms with Gasteiger partial charge in [0.25, 0.3) is 0 Å². The summed E-state index contributed by atoms with van der Waals surface area (Å²) in [5.41, 5.74) is 14.1. The lowest BCUT2D eigenvalue weighted by atomic mass is 10.1. The van der Waals surface area contributed by atoms with E-state index in [1.807, 2.05) is 67.8 Å². The third-order valence-electron chi connectivity index (χ3n) is 23.3. The maximum atomic E-state index is 9.41. The van der Waals surface area contributed by atoms with Crippen LogP contribution in [0.4, 0.5) is 73.9 Å². The highest BCUT2D eigenvalue weighted by Gasteiger charge is 2.23. The molecule has 0 spiro atoms. The molecule has 1 heterocycles. The lowest BCUT2D eigenvalue weighted by Crippen LogP contribution is -2.44. The number of aryl methyl sites for hydroxylation is 1. The molecular weight excluding hydrogens is 1890 g/mol. The summed E-state index contributed by atoms with van der Waals surface area (Å²) in [7, 11) is 23.6. The van der Waals surface area contributed by atoms with E-state index >= 15 is 0 Å². The molecule has 43 nitrogen and oxygen atoms in total. The minimum absolute atomic E-state index is 0.00313. The highest BCUT2D eigenvalue weighted by Crippen LogP contribution is 2.40. The molecule has 0 radical (unpaired) electrons. The number of benzene rings is 8. The third-order valence-corrected chi connectivity index (χ3v) is 23.3. The van der Waals surface area contributed by atoms with E-state index in [9.17, 15) is 35.7 Å². The van der Waals surface area contributed by atoms with Gasteiger partial charge in [0.15, 0.2) is 0 Å². The summed E-state index contributed by atoms with van der Waals surface area (Å²) in [4.78, 5) is 32.2. The fraction of sp³-hybridized carbons (Fsp3) is 0.534. The first-order chi connectivity index (χ1) is 71.3. The van der Waals surface area contributed by atoms with Gasteiger partial charge in [-0.05, 0) is 183 Å². The number of hydrogen-bond donors (Lipinski definition) is 11. The number of methoxy groups -OCH3 is 14. The number of hydrogen-bond acceptors (Lipinski definition) is 42. The van der Waals surface area contributed by atoms with Crippen molar-refractivity contribution in [1.29, 1.82) is 0 Å². The Bertz CT molecular complexity index is 4300. The van der Waals surface area contributed by atoms with Crippen molar-refractivity contribution < 1.29 is 122 Å². The van der Waals surface area contributed by atoms with Crippen LogP contribution in [-0.4, -0.2) is 453 Å². The minimum atomic E-state index is -0.319. The second kappa shape index (κ2) is 76.0. The number of rotatable bonds is 72. The molecule has 1 aromatic heterocycles. The second-order valence-corrected chi connectivity index (χ2v) is 33.3. The number of likely N-dealkylation sites (N-methyl/N-ethyl adjacent to an activating group) is 1. The van der Waals surface area contributed by atoms with E-state index in [0.29, 0.717) is 151 Å². The van der Waals surface area contributed by atoms with Crippen LogP contribution in [0.5, 0.6) is 0 Å². The van der Waals surface area contributed by atoms with Gasteiger partial charge in [0, 0.05) is 280 Å². The zero-order chi connectivity index (χ0) is 107. The molecule has 0 aliphatic rings. The van der Waals surface area contributed by atoms with Crippen LogP contribution in [0.15, 0.2) is 188 Å². The van der Waals surface area contributed by atoms with Crippen LogP contribution in [0, 0.1) is 0 Å². The SMILES string of the molecule is CCN(CO)CCN(CCN(CO)CO)CCN(CO)CO.CCn1c2ccccc2c2cc(N(COC)COC)ccc21.COCN(CCN(CCN(COC)COC)CCN(COC)COC)COC.COCN(COC)c1ccc(N(c2ccc(N(COC)COC)cc2)c2ccc(N(COC)COC)cc2)cc1.OCN(CO)c1ccc(N(c2ccc(N(CO)CO)cc2)c2ccc(N(CO)CO)cc2)cc1. The Kier molecular flexibility index (Phi) is 66.1. The van der Waals surface area contributed by atoms with Crippen LogP contribution in [0.25, 0.3) is 21.8 Å². The van der Waals surface area contributed by atoms with E-state index in [2.05, 4.69) is 161 Å². The molecule has 0 amide bonds. The lowest BCUT2D eigenvalue weighted by Gasteiger charge is -2.31. The van der Waals surface area contributed by atoms with Crippen molar-refractivity contribution in [3.05, 3.63) is 188 Å². The van der Waals surface area contributed by atoms with E-state index in [1.54, 1.807) is 136 Å². The molecule has 0 atom stereocenters. The minimum Gasteiger partial charge on any atom is -0.381 e. The number of para-hydroxylation sites is 1. The fourth-order valence-corrected chi connectivity index (χ4v) is 15.6. The number of nitrogens with zero attached hydrogens (tertiary/aromatic N) is 18. The first-order valence-electron chi connectivity index (χ1n) is 48.1. The largest absolute Gasteiger partial charge is 0.381 e. The van der Waals surface area contributed by atoms with Crippen LogP contribution in [0.1, 0.15) is 13.8 Å². The number of aliphatic hydroxyl groups is 11. The number of aromatic nitrogens is 1. The van der Waals surface area contributed by atoms with Gasteiger partial charge in [-0.2, -0.15) is 0 Å². The number of ether oxygens (including phenoxy) is 14. The first kappa shape index (κ1) is 127. The predicted molar refractivity (Wildman–Crippen MR) is 573 cm³/mol. The highest BCUT2D eigenvalue weighted by atomic mass is 16.5. The first-order valence-corrected chi connectivity index (χ1v) is 48.1. The zero-order valence-corrected chi connectivity index (χ0v) is 88.7. The Balaban J connectivity index is 0.000000327. The van der Waals surface area contributed by atoms with Gasteiger partial charge in [-0.15, -0.1) is 0 Å². The third kappa shape index (κ3) is 42.8. The Morgan fingerprint density at radius 2 is 0.377 bits per heavy atom. The average Bonchev–Trinajstić information content (AvgIpc) is 1.59. The molecule has 146 heavy (non-hydrogen) atoms. The zero-order valence-electron chi connectivity index (χ0n) is 88.7. The quantitative estimate of drug-likeness (QED) is 0.0169. The summed E-state index contributed by atoms with van der Waals surface area (Å²) in [6.45, 7) is 18.9. The molecule has 0 aliphatic carbocycles. The summed E-state index contributed by atoms with van der Waals surface area (Å²) < 4.78 is 76.6. The molecule has 11 N–H and O–H groups in total. The molecular formula is C103H168N18O25. The highest BCUT2D eigenvalue weighted by molar-refractivity contribution is 6.09. The van der Waals surface area contributed by atoms with Gasteiger partial charge >= 0.3 is 0 Å². The van der Waals surface area contributed by atoms with Gasteiger partial charge in [0.1, 0.15) is 135 Å². The van der Waals surface area contributed by atoms with E-state index in [1.165, 1.54) is 46.3 Å². The van der Waals surface area contributed by atoms with E-state index in [4.69, 9.17) is 86.7 Å². The molecule has 820 valence electrons. The van der Waals surface area contributed by atoms with Crippen LogP contribution in [0.3, 0.4) is 0 Å². The van der Waals surface area contributed by atoms with Gasteiger partial charge in [-0.25, -0.2) is 0 Å². The summed E-state index contributed by atoms with van der Waals surface area (Å²) in [5.74, 6) is 0. The Morgan fingerprint density at radius 1 is 0.185 bits per heavy atom. The van der Waals surface area contributed by atoms with E-state index in [-0.39, 0.29) is 74.0 Å². The van der Waals surface area contributed by atoms with Crippen molar-refractivity contribution in [3.8, 4) is 0 Å². The van der Waals surface area contributed by atoms with E-state index in [0.717, 1.165) is 109 Å². The molecule has 0 aliphatic heterocycles. The van der Waals surface area contributed by atoms with Crippen molar-refractivity contribution in [3.63, 3.8) is 0 Å². The monoisotopic (exact) mass is 2060 g/mol. The van der Waals surface area contributed by atoms with E-state index < -0.39 is 0 Å². The van der Waals surface area contributed by atoms with Gasteiger partial charge in [-0.1, -0.05) is 25.1 Å². The van der Waals surface area contributed by atoms with Gasteiger partial charge in [-0.3, -0.25) is 39.2 Å². The predicted octanol–water partition coefficient (Wildman–Crippen LogP) is 7.08. The Hall–Kier alpha value is -9.56. The maximum Gasteiger partial charge on any atom is 0.120 e. The van der Waals surface area contributed by atoms with Crippen molar-refractivity contribution in [2.45, 2.75) is 20.4 Å². The molecule has 0 fully saturated rings. The molecule has 9 aromatic rings. The lowest BCUT2D eigenvalue weighted by molar-refractivity contribution is -0.0331. The van der Waals surface area contributed by atoms with Crippen LogP contribution in [-0.2, 0) is 72.9 Å². The summed E-state index contributed by atoms with van der Waals surface area (Å²) in [6, 6.07) is 62.0.